The number of likely N-dealkylation sites (N-methyl/N-ethyl adjacent to an activating group) is 1. The van der Waals surface area contributed by atoms with Gasteiger partial charge in [-0.05, 0) is 94.2 Å². The van der Waals surface area contributed by atoms with Gasteiger partial charge in [0.25, 0.3) is 0 Å². The normalized spacial score (nSPS) is 15.5. The number of rotatable bonds is 8. The van der Waals surface area contributed by atoms with Gasteiger partial charge in [-0.2, -0.15) is 0 Å². The van der Waals surface area contributed by atoms with Gasteiger partial charge >= 0.3 is 0 Å². The lowest BCUT2D eigenvalue weighted by Crippen LogP contribution is -2.26. The highest BCUT2D eigenvalue weighted by atomic mass is 16.5. The number of nitrogens with two attached hydrogens (primary N) is 1. The van der Waals surface area contributed by atoms with Crippen LogP contribution < -0.4 is 15.2 Å². The van der Waals surface area contributed by atoms with E-state index in [-0.39, 0.29) is 0 Å². The highest BCUT2D eigenvalue weighted by Crippen LogP contribution is 2.32. The molecular weight excluding hydrogens is 502 g/mol. The van der Waals surface area contributed by atoms with E-state index in [9.17, 15) is 0 Å². The number of aromatic nitrogens is 5. The summed E-state index contributed by atoms with van der Waals surface area (Å²) in [5.41, 5.74) is 12.2. The van der Waals surface area contributed by atoms with Crippen molar-refractivity contribution in [3.05, 3.63) is 89.9 Å². The number of aryl methyl sites for hydroxylation is 2. The van der Waals surface area contributed by atoms with Gasteiger partial charge in [-0.25, -0.2) is 19.9 Å². The minimum absolute atomic E-state index is 0.383. The molecular formula is C31H33N7O2. The molecule has 6 rings (SSSR count). The molecule has 5 aromatic rings. The summed E-state index contributed by atoms with van der Waals surface area (Å²) in [6.07, 6.45) is 10.6. The Kier molecular flexibility index (Phi) is 7.04. The summed E-state index contributed by atoms with van der Waals surface area (Å²) >= 11 is 0. The van der Waals surface area contributed by atoms with Crippen LogP contribution in [-0.4, -0.2) is 49.0 Å². The Balaban J connectivity index is 1.21. The first-order valence-corrected chi connectivity index (χ1v) is 13.5. The van der Waals surface area contributed by atoms with Crippen LogP contribution >= 0.6 is 0 Å². The van der Waals surface area contributed by atoms with E-state index in [1.165, 1.54) is 18.4 Å². The number of nitrogen functional groups attached to an aromatic ring is 1. The summed E-state index contributed by atoms with van der Waals surface area (Å²) in [7, 11) is 2.20. The third kappa shape index (κ3) is 5.46. The monoisotopic (exact) mass is 535 g/mol. The Labute approximate surface area is 233 Å². The summed E-state index contributed by atoms with van der Waals surface area (Å²) in [5.74, 6) is 3.36. The molecule has 1 saturated heterocycles. The van der Waals surface area contributed by atoms with Crippen molar-refractivity contribution in [2.24, 2.45) is 0 Å². The first-order chi connectivity index (χ1) is 19.4. The Hall–Kier alpha value is -4.50. The fraction of sp³-hybridized carbons (Fsp3) is 0.290. The third-order valence-corrected chi connectivity index (χ3v) is 7.42. The van der Waals surface area contributed by atoms with Gasteiger partial charge in [0, 0.05) is 41.9 Å². The van der Waals surface area contributed by atoms with Crippen molar-refractivity contribution in [1.82, 2.24) is 29.4 Å². The van der Waals surface area contributed by atoms with E-state index >= 15 is 0 Å². The minimum atomic E-state index is 0.383. The lowest BCUT2D eigenvalue weighted by molar-refractivity contribution is 0.303. The molecule has 9 heteroatoms. The van der Waals surface area contributed by atoms with Crippen molar-refractivity contribution in [2.45, 2.75) is 45.8 Å². The SMILES string of the molecule is Cc1cc(OCc2cnc(C)nc2)cc(Oc2ccc(-n3cc(C[C@H]4CCCN4C)c4ncnc(N)c43)cc2)c1. The van der Waals surface area contributed by atoms with Crippen LogP contribution in [0.5, 0.6) is 17.2 Å². The summed E-state index contributed by atoms with van der Waals surface area (Å²) in [5, 5.41) is 0. The van der Waals surface area contributed by atoms with Crippen LogP contribution in [0.4, 0.5) is 5.82 Å². The van der Waals surface area contributed by atoms with Gasteiger partial charge in [0.1, 0.15) is 41.5 Å². The molecule has 0 amide bonds. The van der Waals surface area contributed by atoms with E-state index in [0.29, 0.717) is 24.2 Å². The number of hydrogen-bond donors (Lipinski definition) is 1. The predicted molar refractivity (Wildman–Crippen MR) is 155 cm³/mol. The molecule has 0 unspecified atom stereocenters. The lowest BCUT2D eigenvalue weighted by atomic mass is 10.1. The maximum atomic E-state index is 6.35. The molecule has 2 aromatic carbocycles. The fourth-order valence-corrected chi connectivity index (χ4v) is 5.32. The smallest absolute Gasteiger partial charge is 0.151 e. The Morgan fingerprint density at radius 3 is 2.48 bits per heavy atom. The van der Waals surface area contributed by atoms with Gasteiger partial charge in [0.15, 0.2) is 5.82 Å². The molecule has 1 atom stereocenters. The summed E-state index contributed by atoms with van der Waals surface area (Å²) in [6, 6.07) is 14.3. The Morgan fingerprint density at radius 2 is 1.73 bits per heavy atom. The van der Waals surface area contributed by atoms with Crippen molar-refractivity contribution in [3.8, 4) is 22.9 Å². The van der Waals surface area contributed by atoms with E-state index in [1.807, 2.05) is 56.3 Å². The van der Waals surface area contributed by atoms with Gasteiger partial charge in [-0.1, -0.05) is 0 Å². The number of hydrogen-bond acceptors (Lipinski definition) is 8. The second kappa shape index (κ2) is 10.9. The third-order valence-electron chi connectivity index (χ3n) is 7.42. The maximum absolute atomic E-state index is 6.35. The number of benzene rings is 2. The standard InChI is InChI=1S/C31H33N7O2/c1-20-11-27(39-18-22-15-33-21(2)34-16-22)14-28(12-20)40-26-8-6-24(7-9-26)38-17-23(13-25-5-4-10-37(25)3)29-30(38)31(32)36-19-35-29/h6-9,11-12,14-17,19,25H,4-5,10,13,18H2,1-3H3,(H2,32,35,36)/t25-/m1/s1. The second-order valence-electron chi connectivity index (χ2n) is 10.5. The van der Waals surface area contributed by atoms with Crippen LogP contribution in [0.15, 0.2) is 67.4 Å². The van der Waals surface area contributed by atoms with Crippen molar-refractivity contribution in [2.75, 3.05) is 19.3 Å². The zero-order chi connectivity index (χ0) is 27.6. The molecule has 9 nitrogen and oxygen atoms in total. The largest absolute Gasteiger partial charge is 0.489 e. The van der Waals surface area contributed by atoms with E-state index in [2.05, 4.69) is 42.6 Å². The molecule has 0 spiro atoms. The van der Waals surface area contributed by atoms with Gasteiger partial charge < -0.3 is 24.7 Å². The van der Waals surface area contributed by atoms with Crippen molar-refractivity contribution >= 4 is 16.9 Å². The van der Waals surface area contributed by atoms with Crippen LogP contribution in [0.2, 0.25) is 0 Å². The fourth-order valence-electron chi connectivity index (χ4n) is 5.32. The Bertz CT molecular complexity index is 1630. The van der Waals surface area contributed by atoms with Crippen LogP contribution in [0.25, 0.3) is 16.7 Å². The van der Waals surface area contributed by atoms with Crippen molar-refractivity contribution < 1.29 is 9.47 Å². The molecule has 0 saturated carbocycles. The Morgan fingerprint density at radius 1 is 0.950 bits per heavy atom. The van der Waals surface area contributed by atoms with Gasteiger partial charge in [0.2, 0.25) is 0 Å². The number of fused-ring (bicyclic) bond motifs is 1. The quantitative estimate of drug-likeness (QED) is 0.281. The molecule has 2 N–H and O–H groups in total. The van der Waals surface area contributed by atoms with E-state index in [0.717, 1.165) is 58.1 Å². The minimum Gasteiger partial charge on any atom is -0.489 e. The molecule has 1 aliphatic rings. The number of nitrogens with zero attached hydrogens (tertiary/aromatic N) is 6. The summed E-state index contributed by atoms with van der Waals surface area (Å²) in [6.45, 7) is 5.40. The molecule has 0 bridgehead atoms. The van der Waals surface area contributed by atoms with Crippen molar-refractivity contribution in [3.63, 3.8) is 0 Å². The van der Waals surface area contributed by atoms with Gasteiger partial charge in [0.05, 0.1) is 5.52 Å². The molecule has 0 aliphatic carbocycles. The first-order valence-electron chi connectivity index (χ1n) is 13.5. The number of anilines is 1. The van der Waals surface area contributed by atoms with E-state index < -0.39 is 0 Å². The lowest BCUT2D eigenvalue weighted by Gasteiger charge is -2.18. The number of likely N-dealkylation sites (tertiary alicyclic amines) is 1. The highest BCUT2D eigenvalue weighted by Gasteiger charge is 2.24. The first kappa shape index (κ1) is 25.8. The second-order valence-corrected chi connectivity index (χ2v) is 10.5. The van der Waals surface area contributed by atoms with Gasteiger partial charge in [-0.15, -0.1) is 0 Å². The summed E-state index contributed by atoms with van der Waals surface area (Å²) < 4.78 is 14.3. The van der Waals surface area contributed by atoms with Crippen LogP contribution in [0.3, 0.4) is 0 Å². The van der Waals surface area contributed by atoms with Crippen LogP contribution in [-0.2, 0) is 13.0 Å². The molecule has 40 heavy (non-hydrogen) atoms. The van der Waals surface area contributed by atoms with E-state index in [4.69, 9.17) is 15.2 Å². The molecule has 204 valence electrons. The summed E-state index contributed by atoms with van der Waals surface area (Å²) in [4.78, 5) is 19.8. The average Bonchev–Trinajstić information content (AvgIpc) is 3.52. The zero-order valence-electron chi connectivity index (χ0n) is 23.0. The predicted octanol–water partition coefficient (Wildman–Crippen LogP) is 5.42. The molecule has 1 fully saturated rings. The van der Waals surface area contributed by atoms with Crippen LogP contribution in [0, 0.1) is 13.8 Å². The molecule has 0 radical (unpaired) electrons. The van der Waals surface area contributed by atoms with Crippen LogP contribution in [0.1, 0.15) is 35.4 Å². The molecule has 3 aromatic heterocycles. The number of ether oxygens (including phenoxy) is 2. The topological polar surface area (TPSA) is 104 Å². The van der Waals surface area contributed by atoms with Crippen molar-refractivity contribution in [1.29, 1.82) is 0 Å². The maximum Gasteiger partial charge on any atom is 0.151 e. The van der Waals surface area contributed by atoms with E-state index in [1.54, 1.807) is 18.7 Å². The molecule has 1 aliphatic heterocycles. The molecule has 4 heterocycles. The average molecular weight is 536 g/mol. The zero-order valence-corrected chi connectivity index (χ0v) is 23.0. The van der Waals surface area contributed by atoms with Gasteiger partial charge in [-0.3, -0.25) is 0 Å². The highest BCUT2D eigenvalue weighted by molar-refractivity contribution is 5.89.